The fraction of sp³-hybridized carbons (Fsp3) is 0.368. The van der Waals surface area contributed by atoms with Gasteiger partial charge in [0, 0.05) is 0 Å². The Hall–Kier alpha value is -1.56. The molecule has 0 saturated heterocycles. The van der Waals surface area contributed by atoms with Gasteiger partial charge in [-0.25, -0.2) is 0 Å². The van der Waals surface area contributed by atoms with Gasteiger partial charge in [0.15, 0.2) is 0 Å². The van der Waals surface area contributed by atoms with E-state index in [1.54, 1.807) is 0 Å². The maximum atomic E-state index is 2.31. The third-order valence-corrected chi connectivity index (χ3v) is 3.80. The summed E-state index contributed by atoms with van der Waals surface area (Å²) in [6, 6.07) is 17.9. The molecule has 0 heteroatoms. The van der Waals surface area contributed by atoms with Crippen molar-refractivity contribution >= 4 is 0 Å². The topological polar surface area (TPSA) is 0 Å². The molecule has 0 aliphatic rings. The van der Waals surface area contributed by atoms with Gasteiger partial charge < -0.3 is 0 Å². The lowest BCUT2D eigenvalue weighted by atomic mass is 9.92. The number of aryl methyl sites for hydroxylation is 1. The fourth-order valence-corrected chi connectivity index (χ4v) is 2.49. The third-order valence-electron chi connectivity index (χ3n) is 3.80. The predicted octanol–water partition coefficient (Wildman–Crippen LogP) is 5.46. The highest BCUT2D eigenvalue weighted by Crippen LogP contribution is 2.22. The Labute approximate surface area is 117 Å². The quantitative estimate of drug-likeness (QED) is 0.677. The molecule has 2 aromatic carbocycles. The monoisotopic (exact) mass is 252 g/mol. The Kier molecular flexibility index (Phi) is 4.42. The minimum Gasteiger partial charge on any atom is -0.0617 e. The summed E-state index contributed by atoms with van der Waals surface area (Å²) in [5, 5.41) is 0. The van der Waals surface area contributed by atoms with Gasteiger partial charge in [0.05, 0.1) is 0 Å². The van der Waals surface area contributed by atoms with Crippen molar-refractivity contribution in [3.63, 3.8) is 0 Å². The Bertz CT molecular complexity index is 520. The van der Waals surface area contributed by atoms with Crippen molar-refractivity contribution in [1.82, 2.24) is 0 Å². The molecule has 19 heavy (non-hydrogen) atoms. The molecule has 0 amide bonds. The van der Waals surface area contributed by atoms with E-state index in [2.05, 4.69) is 76.2 Å². The van der Waals surface area contributed by atoms with Gasteiger partial charge in [0.2, 0.25) is 0 Å². The van der Waals surface area contributed by atoms with Crippen molar-refractivity contribution in [2.75, 3.05) is 0 Å². The first-order valence-corrected chi connectivity index (χ1v) is 7.21. The van der Waals surface area contributed by atoms with Crippen LogP contribution in [0.4, 0.5) is 0 Å². The number of rotatable bonds is 4. The molecule has 0 bridgehead atoms. The van der Waals surface area contributed by atoms with Crippen LogP contribution in [0.15, 0.2) is 48.5 Å². The van der Waals surface area contributed by atoms with Gasteiger partial charge in [-0.3, -0.25) is 0 Å². The van der Waals surface area contributed by atoms with E-state index in [1.165, 1.54) is 22.3 Å². The molecule has 1 unspecified atom stereocenters. The van der Waals surface area contributed by atoms with Gasteiger partial charge in [0.1, 0.15) is 0 Å². The van der Waals surface area contributed by atoms with E-state index in [-0.39, 0.29) is 0 Å². The second kappa shape index (κ2) is 6.06. The second-order valence-corrected chi connectivity index (χ2v) is 5.92. The minimum absolute atomic E-state index is 0.574. The molecule has 0 aliphatic heterocycles. The van der Waals surface area contributed by atoms with Crippen molar-refractivity contribution in [3.8, 4) is 0 Å². The molecular weight excluding hydrogens is 228 g/mol. The molecule has 0 spiro atoms. The van der Waals surface area contributed by atoms with Crippen LogP contribution in [0.5, 0.6) is 0 Å². The standard InChI is InChI=1S/C19H24/c1-14(2)18-10-8-17(9-11-18)13-16(4)19-7-5-6-15(3)12-19/h5-12,14,16H,13H2,1-4H3. The summed E-state index contributed by atoms with van der Waals surface area (Å²) in [7, 11) is 0. The van der Waals surface area contributed by atoms with E-state index >= 15 is 0 Å². The van der Waals surface area contributed by atoms with Gasteiger partial charge in [-0.05, 0) is 41.9 Å². The van der Waals surface area contributed by atoms with Gasteiger partial charge >= 0.3 is 0 Å². The Morgan fingerprint density at radius 1 is 0.842 bits per heavy atom. The largest absolute Gasteiger partial charge is 0.0617 e. The SMILES string of the molecule is Cc1cccc(C(C)Cc2ccc(C(C)C)cc2)c1. The molecular formula is C19H24. The highest BCUT2D eigenvalue weighted by Gasteiger charge is 2.07. The minimum atomic E-state index is 0.574. The summed E-state index contributed by atoms with van der Waals surface area (Å²) in [5.74, 6) is 1.19. The number of benzene rings is 2. The Morgan fingerprint density at radius 2 is 1.53 bits per heavy atom. The van der Waals surface area contributed by atoms with E-state index in [0.717, 1.165) is 6.42 Å². The first-order valence-electron chi connectivity index (χ1n) is 7.21. The van der Waals surface area contributed by atoms with Crippen LogP contribution in [0, 0.1) is 6.92 Å². The van der Waals surface area contributed by atoms with Crippen LogP contribution < -0.4 is 0 Å². The van der Waals surface area contributed by atoms with Crippen LogP contribution in [0.1, 0.15) is 54.9 Å². The summed E-state index contributed by atoms with van der Waals surface area (Å²) < 4.78 is 0. The van der Waals surface area contributed by atoms with Crippen LogP contribution in [0.3, 0.4) is 0 Å². The molecule has 0 saturated carbocycles. The maximum Gasteiger partial charge on any atom is -0.0150 e. The van der Waals surface area contributed by atoms with E-state index in [1.807, 2.05) is 0 Å². The summed E-state index contributed by atoms with van der Waals surface area (Å²) in [4.78, 5) is 0. The summed E-state index contributed by atoms with van der Waals surface area (Å²) in [6.07, 6.45) is 1.11. The zero-order valence-electron chi connectivity index (χ0n) is 12.5. The third kappa shape index (κ3) is 3.70. The molecule has 0 fully saturated rings. The van der Waals surface area contributed by atoms with Gasteiger partial charge in [0.25, 0.3) is 0 Å². The second-order valence-electron chi connectivity index (χ2n) is 5.92. The van der Waals surface area contributed by atoms with Crippen LogP contribution in [0.2, 0.25) is 0 Å². The first kappa shape index (κ1) is 13.9. The number of hydrogen-bond donors (Lipinski definition) is 0. The average molecular weight is 252 g/mol. The zero-order valence-corrected chi connectivity index (χ0v) is 12.5. The van der Waals surface area contributed by atoms with E-state index in [4.69, 9.17) is 0 Å². The van der Waals surface area contributed by atoms with E-state index in [9.17, 15) is 0 Å². The van der Waals surface area contributed by atoms with Crippen molar-refractivity contribution in [3.05, 3.63) is 70.8 Å². The summed E-state index contributed by atoms with van der Waals surface area (Å²) >= 11 is 0. The molecule has 1 atom stereocenters. The molecule has 2 rings (SSSR count). The van der Waals surface area contributed by atoms with E-state index < -0.39 is 0 Å². The number of hydrogen-bond acceptors (Lipinski definition) is 0. The van der Waals surface area contributed by atoms with Gasteiger partial charge in [-0.2, -0.15) is 0 Å². The Morgan fingerprint density at radius 3 is 2.11 bits per heavy atom. The smallest absolute Gasteiger partial charge is 0.0150 e. The molecule has 0 aromatic heterocycles. The zero-order chi connectivity index (χ0) is 13.8. The highest BCUT2D eigenvalue weighted by atomic mass is 14.1. The molecule has 0 aliphatic carbocycles. The van der Waals surface area contributed by atoms with Crippen molar-refractivity contribution in [2.45, 2.75) is 46.0 Å². The lowest BCUT2D eigenvalue weighted by Gasteiger charge is -2.13. The predicted molar refractivity (Wildman–Crippen MR) is 83.8 cm³/mol. The van der Waals surface area contributed by atoms with Gasteiger partial charge in [-0.15, -0.1) is 0 Å². The molecule has 0 nitrogen and oxygen atoms in total. The van der Waals surface area contributed by atoms with E-state index in [0.29, 0.717) is 11.8 Å². The molecule has 0 heterocycles. The lowest BCUT2D eigenvalue weighted by molar-refractivity contribution is 0.757. The summed E-state index contributed by atoms with van der Waals surface area (Å²) in [6.45, 7) is 8.95. The first-order chi connectivity index (χ1) is 9.06. The van der Waals surface area contributed by atoms with Crippen molar-refractivity contribution in [2.24, 2.45) is 0 Å². The molecule has 0 N–H and O–H groups in total. The molecule has 100 valence electrons. The molecule has 2 aromatic rings. The normalized spacial score (nSPS) is 12.7. The van der Waals surface area contributed by atoms with Crippen LogP contribution in [0.25, 0.3) is 0 Å². The molecule has 0 radical (unpaired) electrons. The Balaban J connectivity index is 2.08. The fourth-order valence-electron chi connectivity index (χ4n) is 2.49. The van der Waals surface area contributed by atoms with Crippen LogP contribution >= 0.6 is 0 Å². The maximum absolute atomic E-state index is 2.31. The van der Waals surface area contributed by atoms with Gasteiger partial charge in [-0.1, -0.05) is 74.9 Å². The summed E-state index contributed by atoms with van der Waals surface area (Å²) in [5.41, 5.74) is 5.64. The van der Waals surface area contributed by atoms with Crippen molar-refractivity contribution in [1.29, 1.82) is 0 Å². The van der Waals surface area contributed by atoms with Crippen LogP contribution in [-0.2, 0) is 6.42 Å². The van der Waals surface area contributed by atoms with Crippen molar-refractivity contribution < 1.29 is 0 Å². The van der Waals surface area contributed by atoms with Crippen LogP contribution in [-0.4, -0.2) is 0 Å². The highest BCUT2D eigenvalue weighted by molar-refractivity contribution is 5.29. The average Bonchev–Trinajstić information content (AvgIpc) is 2.39. The lowest BCUT2D eigenvalue weighted by Crippen LogP contribution is -1.99.